The molecule has 0 bridgehead atoms. The van der Waals surface area contributed by atoms with Crippen molar-refractivity contribution in [2.45, 2.75) is 25.7 Å². The van der Waals surface area contributed by atoms with Gasteiger partial charge in [0.05, 0.1) is 6.61 Å². The minimum Gasteiger partial charge on any atom is -0.481 e. The zero-order valence-corrected chi connectivity index (χ0v) is 33.6. The molecular weight excluding hydrogens is 771 g/mol. The molecule has 1 fully saturated rings. The molecule has 0 saturated carbocycles. The third kappa shape index (κ3) is 10.9. The molecule has 7 nitrogen and oxygen atoms in total. The second kappa shape index (κ2) is 20.7. The van der Waals surface area contributed by atoms with Crippen molar-refractivity contribution in [3.05, 3.63) is 103 Å². The fraction of sp³-hybridized carbons (Fsp3) is 0.341. The zero-order valence-electron chi connectivity index (χ0n) is 29.7. The molecule has 1 aliphatic heterocycles. The monoisotopic (exact) mass is 815 g/mol. The molecule has 1 saturated heterocycles. The SMILES string of the molecule is O=C(O)CCCc1ccc(N(CCCl)CCCl)cc1.O=P1(NCCCl)OCCCN1CCCl.c1ccc2c(c1)cc1ccc3cccc4ccc2c1c34. The van der Waals surface area contributed by atoms with Crippen molar-refractivity contribution in [1.82, 2.24) is 9.76 Å². The molecule has 0 radical (unpaired) electrons. The van der Waals surface area contributed by atoms with Gasteiger partial charge in [-0.1, -0.05) is 78.9 Å². The van der Waals surface area contributed by atoms with Crippen LogP contribution in [0.15, 0.2) is 97.1 Å². The molecule has 0 amide bonds. The molecular formula is C41H46Cl4N3O4P. The maximum Gasteiger partial charge on any atom is 0.343 e. The summed E-state index contributed by atoms with van der Waals surface area (Å²) in [6.45, 7) is 3.90. The van der Waals surface area contributed by atoms with Crippen LogP contribution in [0.3, 0.4) is 0 Å². The Labute approximate surface area is 332 Å². The standard InChI is InChI=1S/C20H12.C14H19Cl2NO2.C7H15Cl2N2O2P/c1-2-7-17-15(4-1)12-16-9-8-13-5-3-6-14-10-11-18(17)20(16)19(13)14;15-8-10-17(11-9-16)13-6-4-12(5-7-13)2-1-3-14(18)19;8-2-4-10-14(12)11(6-3-9)5-1-7-13-14/h1-12H;4-7H,1-3,8-11H2,(H,18,19);1-7H2,(H,10,12). The fourth-order valence-electron chi connectivity index (χ4n) is 6.70. The molecule has 6 aromatic carbocycles. The normalized spacial score (nSPS) is 16.0. The third-order valence-electron chi connectivity index (χ3n) is 9.19. The Morgan fingerprint density at radius 3 is 2.13 bits per heavy atom. The van der Waals surface area contributed by atoms with E-state index in [4.69, 9.17) is 56.0 Å². The van der Waals surface area contributed by atoms with Crippen LogP contribution in [0, 0.1) is 0 Å². The Kier molecular flexibility index (Phi) is 16.2. The molecule has 7 rings (SSSR count). The number of benzene rings is 6. The average molecular weight is 818 g/mol. The molecule has 2 N–H and O–H groups in total. The highest BCUT2D eigenvalue weighted by molar-refractivity contribution is 7.54. The predicted octanol–water partition coefficient (Wildman–Crippen LogP) is 11.0. The minimum absolute atomic E-state index is 0.215. The molecule has 1 unspecified atom stereocenters. The summed E-state index contributed by atoms with van der Waals surface area (Å²) in [7, 11) is -2.84. The fourth-order valence-corrected chi connectivity index (χ4v) is 9.65. The number of halogens is 4. The van der Waals surface area contributed by atoms with Crippen molar-refractivity contribution in [2.24, 2.45) is 0 Å². The van der Waals surface area contributed by atoms with Gasteiger partial charge in [0.2, 0.25) is 0 Å². The summed E-state index contributed by atoms with van der Waals surface area (Å²) in [5, 5.41) is 22.3. The summed E-state index contributed by atoms with van der Waals surface area (Å²) in [4.78, 5) is 12.6. The predicted molar refractivity (Wildman–Crippen MR) is 228 cm³/mol. The van der Waals surface area contributed by atoms with Crippen LogP contribution < -0.4 is 9.99 Å². The lowest BCUT2D eigenvalue weighted by Crippen LogP contribution is -2.36. The highest BCUT2D eigenvalue weighted by Crippen LogP contribution is 2.48. The van der Waals surface area contributed by atoms with Crippen molar-refractivity contribution < 1.29 is 19.0 Å². The first-order chi connectivity index (χ1) is 25.8. The van der Waals surface area contributed by atoms with Crippen molar-refractivity contribution in [2.75, 3.05) is 67.8 Å². The van der Waals surface area contributed by atoms with Gasteiger partial charge in [0.25, 0.3) is 0 Å². The molecule has 1 aliphatic rings. The quantitative estimate of drug-likeness (QED) is 0.0490. The number of nitrogens with zero attached hydrogens (tertiary/aromatic N) is 2. The van der Waals surface area contributed by atoms with Crippen molar-refractivity contribution in [3.63, 3.8) is 0 Å². The molecule has 282 valence electrons. The molecule has 0 spiro atoms. The maximum atomic E-state index is 12.2. The number of hydrogen-bond donors (Lipinski definition) is 2. The van der Waals surface area contributed by atoms with Crippen LogP contribution in [0.1, 0.15) is 24.8 Å². The summed E-state index contributed by atoms with van der Waals surface area (Å²) >= 11 is 22.7. The summed E-state index contributed by atoms with van der Waals surface area (Å²) in [5.41, 5.74) is 2.25. The highest BCUT2D eigenvalue weighted by Gasteiger charge is 2.33. The van der Waals surface area contributed by atoms with Crippen LogP contribution in [0.4, 0.5) is 5.69 Å². The van der Waals surface area contributed by atoms with E-state index in [1.807, 2.05) is 24.3 Å². The van der Waals surface area contributed by atoms with E-state index < -0.39 is 13.6 Å². The van der Waals surface area contributed by atoms with Gasteiger partial charge in [-0.25, -0.2) is 9.76 Å². The van der Waals surface area contributed by atoms with Crippen LogP contribution in [0.5, 0.6) is 0 Å². The summed E-state index contributed by atoms with van der Waals surface area (Å²) in [5.74, 6) is 1.26. The number of fused-ring (bicyclic) bond motifs is 2. The number of carboxylic acids is 1. The number of aryl methyl sites for hydroxylation is 1. The molecule has 12 heteroatoms. The first-order valence-electron chi connectivity index (χ1n) is 17.9. The van der Waals surface area contributed by atoms with E-state index in [1.165, 1.54) is 43.1 Å². The Hall–Kier alpha value is -2.84. The smallest absolute Gasteiger partial charge is 0.343 e. The molecule has 1 atom stereocenters. The van der Waals surface area contributed by atoms with Gasteiger partial charge in [0.15, 0.2) is 0 Å². The zero-order chi connectivity index (χ0) is 37.6. The Balaban J connectivity index is 0.000000156. The first kappa shape index (κ1) is 41.3. The summed E-state index contributed by atoms with van der Waals surface area (Å²) in [6, 6.07) is 34.7. The number of aliphatic carboxylic acids is 1. The molecule has 53 heavy (non-hydrogen) atoms. The molecule has 6 aromatic rings. The van der Waals surface area contributed by atoms with Gasteiger partial charge in [-0.15, -0.1) is 46.4 Å². The van der Waals surface area contributed by atoms with Crippen LogP contribution in [0.25, 0.3) is 43.1 Å². The van der Waals surface area contributed by atoms with E-state index in [0.717, 1.165) is 43.7 Å². The van der Waals surface area contributed by atoms with Gasteiger partial charge in [-0.2, -0.15) is 0 Å². The molecule has 0 aromatic heterocycles. The lowest BCUT2D eigenvalue weighted by Gasteiger charge is -2.34. The van der Waals surface area contributed by atoms with Crippen LogP contribution in [-0.4, -0.2) is 78.6 Å². The molecule has 1 heterocycles. The van der Waals surface area contributed by atoms with E-state index in [0.29, 0.717) is 49.6 Å². The number of carboxylic acid groups (broad SMARTS) is 1. The lowest BCUT2D eigenvalue weighted by atomic mass is 9.91. The van der Waals surface area contributed by atoms with Crippen molar-refractivity contribution >= 4 is 109 Å². The number of carbonyl (C=O) groups is 1. The van der Waals surface area contributed by atoms with E-state index in [1.54, 1.807) is 4.67 Å². The van der Waals surface area contributed by atoms with E-state index in [2.05, 4.69) is 82.8 Å². The van der Waals surface area contributed by atoms with E-state index >= 15 is 0 Å². The third-order valence-corrected chi connectivity index (χ3v) is 12.2. The van der Waals surface area contributed by atoms with Gasteiger partial charge < -0.3 is 14.5 Å². The van der Waals surface area contributed by atoms with Gasteiger partial charge in [0.1, 0.15) is 0 Å². The minimum atomic E-state index is -2.84. The summed E-state index contributed by atoms with van der Waals surface area (Å²) < 4.78 is 19.2. The molecule has 0 aliphatic carbocycles. The maximum absolute atomic E-state index is 12.2. The summed E-state index contributed by atoms with van der Waals surface area (Å²) in [6.07, 6.45) is 2.56. The van der Waals surface area contributed by atoms with Crippen LogP contribution in [0.2, 0.25) is 0 Å². The lowest BCUT2D eigenvalue weighted by molar-refractivity contribution is -0.137. The van der Waals surface area contributed by atoms with E-state index in [9.17, 15) is 9.36 Å². The van der Waals surface area contributed by atoms with Crippen LogP contribution in [-0.2, 0) is 20.3 Å². The number of alkyl halides is 4. The van der Waals surface area contributed by atoms with Gasteiger partial charge in [-0.05, 0) is 86.1 Å². The van der Waals surface area contributed by atoms with Crippen molar-refractivity contribution in [1.29, 1.82) is 0 Å². The Morgan fingerprint density at radius 2 is 1.45 bits per heavy atom. The second-order valence-electron chi connectivity index (χ2n) is 12.7. The number of nitrogens with one attached hydrogen (secondary N) is 1. The van der Waals surface area contributed by atoms with Crippen molar-refractivity contribution in [3.8, 4) is 0 Å². The first-order valence-corrected chi connectivity index (χ1v) is 21.6. The number of rotatable bonds is 14. The largest absolute Gasteiger partial charge is 0.481 e. The van der Waals surface area contributed by atoms with Gasteiger partial charge in [-0.3, -0.25) is 9.36 Å². The number of anilines is 1. The highest BCUT2D eigenvalue weighted by atomic mass is 35.5. The topological polar surface area (TPSA) is 82.1 Å². The average Bonchev–Trinajstić information content (AvgIpc) is 3.17. The van der Waals surface area contributed by atoms with Crippen LogP contribution >= 0.6 is 54.1 Å². The second-order valence-corrected chi connectivity index (χ2v) is 16.4. The Morgan fingerprint density at radius 1 is 0.774 bits per heavy atom. The number of hydrogen-bond acceptors (Lipinski definition) is 4. The van der Waals surface area contributed by atoms with E-state index in [-0.39, 0.29) is 6.42 Å². The van der Waals surface area contributed by atoms with Gasteiger partial charge in [0, 0.05) is 68.4 Å². The Bertz CT molecular complexity index is 2080. The van der Waals surface area contributed by atoms with Gasteiger partial charge >= 0.3 is 13.6 Å².